The molecular formula is C18H28N4O. The Hall–Kier alpha value is -1.62. The molecule has 0 N–H and O–H groups in total. The predicted octanol–water partition coefficient (Wildman–Crippen LogP) is 1.77. The number of hydrogen-bond donors (Lipinski definition) is 0. The number of anilines is 1. The fourth-order valence-corrected chi connectivity index (χ4v) is 3.83. The molecule has 2 aliphatic heterocycles. The monoisotopic (exact) mass is 316 g/mol. The number of piperidine rings is 1. The zero-order valence-electron chi connectivity index (χ0n) is 14.4. The van der Waals surface area contributed by atoms with Gasteiger partial charge in [-0.05, 0) is 43.9 Å². The van der Waals surface area contributed by atoms with E-state index in [4.69, 9.17) is 0 Å². The summed E-state index contributed by atoms with van der Waals surface area (Å²) in [6, 6.07) is 2.13. The van der Waals surface area contributed by atoms with Crippen LogP contribution in [0.3, 0.4) is 0 Å². The van der Waals surface area contributed by atoms with E-state index in [0.717, 1.165) is 52.1 Å². The molecule has 0 aromatic carbocycles. The Morgan fingerprint density at radius 1 is 1.26 bits per heavy atom. The van der Waals surface area contributed by atoms with Crippen LogP contribution in [0.5, 0.6) is 0 Å². The Labute approximate surface area is 139 Å². The average Bonchev–Trinajstić information content (AvgIpc) is 2.77. The summed E-state index contributed by atoms with van der Waals surface area (Å²) in [7, 11) is 1.94. The van der Waals surface area contributed by atoms with Gasteiger partial charge in [0.25, 0.3) is 0 Å². The van der Waals surface area contributed by atoms with Crippen LogP contribution in [-0.4, -0.2) is 67.0 Å². The molecule has 0 aliphatic carbocycles. The number of hydrogen-bond acceptors (Lipinski definition) is 4. The van der Waals surface area contributed by atoms with Gasteiger partial charge < -0.3 is 14.7 Å². The van der Waals surface area contributed by atoms with Gasteiger partial charge in [0.2, 0.25) is 5.91 Å². The Morgan fingerprint density at radius 2 is 2.13 bits per heavy atom. The number of carbonyl (C=O) groups excluding carboxylic acids is 1. The van der Waals surface area contributed by atoms with E-state index >= 15 is 0 Å². The van der Waals surface area contributed by atoms with Gasteiger partial charge in [0, 0.05) is 64.3 Å². The second-order valence-corrected chi connectivity index (χ2v) is 6.98. The lowest BCUT2D eigenvalue weighted by Gasteiger charge is -2.33. The highest BCUT2D eigenvalue weighted by molar-refractivity contribution is 5.76. The highest BCUT2D eigenvalue weighted by atomic mass is 16.2. The lowest BCUT2D eigenvalue weighted by Crippen LogP contribution is -2.42. The van der Waals surface area contributed by atoms with E-state index in [0.29, 0.717) is 11.8 Å². The van der Waals surface area contributed by atoms with Crippen molar-refractivity contribution in [1.29, 1.82) is 0 Å². The van der Waals surface area contributed by atoms with Crippen molar-refractivity contribution >= 4 is 11.6 Å². The lowest BCUT2D eigenvalue weighted by atomic mass is 9.97. The molecule has 3 heterocycles. The largest absolute Gasteiger partial charge is 0.370 e. The second-order valence-electron chi connectivity index (χ2n) is 6.98. The zero-order chi connectivity index (χ0) is 16.2. The first-order valence-electron chi connectivity index (χ1n) is 8.75. The molecule has 2 aliphatic rings. The van der Waals surface area contributed by atoms with E-state index in [1.54, 1.807) is 0 Å². The molecule has 0 spiro atoms. The van der Waals surface area contributed by atoms with Crippen LogP contribution in [0.1, 0.15) is 24.8 Å². The maximum Gasteiger partial charge on any atom is 0.222 e. The molecule has 126 valence electrons. The number of rotatable bonds is 3. The number of amides is 1. The van der Waals surface area contributed by atoms with E-state index in [-0.39, 0.29) is 0 Å². The topological polar surface area (TPSA) is 39.7 Å². The van der Waals surface area contributed by atoms with E-state index in [9.17, 15) is 4.79 Å². The molecule has 1 aromatic heterocycles. The minimum Gasteiger partial charge on any atom is -0.370 e. The molecule has 1 atom stereocenters. The van der Waals surface area contributed by atoms with E-state index in [2.05, 4.69) is 27.8 Å². The van der Waals surface area contributed by atoms with Crippen molar-refractivity contribution in [2.45, 2.75) is 26.2 Å². The second kappa shape index (κ2) is 7.30. The smallest absolute Gasteiger partial charge is 0.222 e. The molecule has 0 bridgehead atoms. The summed E-state index contributed by atoms with van der Waals surface area (Å²) in [6.07, 6.45) is 6.81. The third kappa shape index (κ3) is 4.02. The van der Waals surface area contributed by atoms with Crippen molar-refractivity contribution in [1.82, 2.24) is 14.8 Å². The Kier molecular flexibility index (Phi) is 5.16. The average molecular weight is 316 g/mol. The molecule has 0 radical (unpaired) electrons. The van der Waals surface area contributed by atoms with Crippen LogP contribution in [0.15, 0.2) is 18.5 Å². The van der Waals surface area contributed by atoms with E-state index < -0.39 is 0 Å². The zero-order valence-corrected chi connectivity index (χ0v) is 14.4. The normalized spacial score (nSPS) is 23.9. The minimum atomic E-state index is 0.302. The summed E-state index contributed by atoms with van der Waals surface area (Å²) in [5.74, 6) is 0.934. The maximum atomic E-state index is 11.6. The van der Waals surface area contributed by atoms with Crippen molar-refractivity contribution in [3.8, 4) is 0 Å². The maximum absolute atomic E-state index is 11.6. The third-order valence-electron chi connectivity index (χ3n) is 5.16. The van der Waals surface area contributed by atoms with Gasteiger partial charge in [0.1, 0.15) is 0 Å². The number of aromatic nitrogens is 1. The minimum absolute atomic E-state index is 0.302. The van der Waals surface area contributed by atoms with Crippen molar-refractivity contribution in [2.75, 3.05) is 51.2 Å². The fourth-order valence-electron chi connectivity index (χ4n) is 3.83. The predicted molar refractivity (Wildman–Crippen MR) is 92.6 cm³/mol. The Morgan fingerprint density at radius 3 is 2.91 bits per heavy atom. The van der Waals surface area contributed by atoms with Crippen LogP contribution in [0.2, 0.25) is 0 Å². The van der Waals surface area contributed by atoms with Crippen molar-refractivity contribution < 1.29 is 4.79 Å². The Bertz CT molecular complexity index is 548. The first-order valence-corrected chi connectivity index (χ1v) is 8.75. The molecular weight excluding hydrogens is 288 g/mol. The van der Waals surface area contributed by atoms with Gasteiger partial charge in [-0.3, -0.25) is 9.78 Å². The van der Waals surface area contributed by atoms with E-state index in [1.165, 1.54) is 17.7 Å². The van der Waals surface area contributed by atoms with Crippen LogP contribution in [-0.2, 0) is 4.79 Å². The molecule has 5 heteroatoms. The summed E-state index contributed by atoms with van der Waals surface area (Å²) < 4.78 is 0. The number of aryl methyl sites for hydroxylation is 1. The van der Waals surface area contributed by atoms with Gasteiger partial charge in [-0.2, -0.15) is 0 Å². The molecule has 1 aromatic rings. The molecule has 2 saturated heterocycles. The van der Waals surface area contributed by atoms with Crippen molar-refractivity contribution in [3.63, 3.8) is 0 Å². The molecule has 23 heavy (non-hydrogen) atoms. The molecule has 1 amide bonds. The summed E-state index contributed by atoms with van der Waals surface area (Å²) in [5.41, 5.74) is 2.58. The molecule has 5 nitrogen and oxygen atoms in total. The summed E-state index contributed by atoms with van der Waals surface area (Å²) in [5, 5.41) is 0. The van der Waals surface area contributed by atoms with Crippen LogP contribution < -0.4 is 4.90 Å². The molecule has 3 rings (SSSR count). The van der Waals surface area contributed by atoms with Gasteiger partial charge in [-0.25, -0.2) is 0 Å². The molecule has 0 saturated carbocycles. The van der Waals surface area contributed by atoms with E-state index in [1.807, 2.05) is 24.3 Å². The summed E-state index contributed by atoms with van der Waals surface area (Å²) in [6.45, 7) is 8.64. The number of carbonyl (C=O) groups is 1. The number of nitrogens with zero attached hydrogens (tertiary/aromatic N) is 4. The van der Waals surface area contributed by atoms with Gasteiger partial charge in [-0.15, -0.1) is 0 Å². The quantitative estimate of drug-likeness (QED) is 0.852. The third-order valence-corrected chi connectivity index (χ3v) is 5.16. The van der Waals surface area contributed by atoms with Crippen LogP contribution >= 0.6 is 0 Å². The van der Waals surface area contributed by atoms with Crippen LogP contribution in [0, 0.1) is 12.8 Å². The number of pyridine rings is 1. The highest BCUT2D eigenvalue weighted by Crippen LogP contribution is 2.22. The van der Waals surface area contributed by atoms with Crippen LogP contribution in [0.4, 0.5) is 5.69 Å². The first kappa shape index (κ1) is 16.2. The highest BCUT2D eigenvalue weighted by Gasteiger charge is 2.25. The molecule has 1 unspecified atom stereocenters. The van der Waals surface area contributed by atoms with Crippen molar-refractivity contribution in [2.24, 2.45) is 5.92 Å². The lowest BCUT2D eigenvalue weighted by molar-refractivity contribution is -0.133. The van der Waals surface area contributed by atoms with Crippen LogP contribution in [0.25, 0.3) is 0 Å². The van der Waals surface area contributed by atoms with Gasteiger partial charge in [0.15, 0.2) is 0 Å². The van der Waals surface area contributed by atoms with Gasteiger partial charge >= 0.3 is 0 Å². The standard InChI is InChI=1S/C18H28N4O/c1-15-12-19-7-6-17(15)22-9-3-8-21(10-11-22)14-16-4-5-18(23)20(2)13-16/h6-7,12,16H,3-5,8-11,13-14H2,1-2H3. The SMILES string of the molecule is Cc1cnccc1N1CCCN(CC2CCC(=O)N(C)C2)CC1. The first-order chi connectivity index (χ1) is 11.1. The molecule has 2 fully saturated rings. The van der Waals surface area contributed by atoms with Crippen molar-refractivity contribution in [3.05, 3.63) is 24.0 Å². The summed E-state index contributed by atoms with van der Waals surface area (Å²) in [4.78, 5) is 22.8. The van der Waals surface area contributed by atoms with Gasteiger partial charge in [-0.1, -0.05) is 0 Å². The Balaban J connectivity index is 1.55. The van der Waals surface area contributed by atoms with Gasteiger partial charge in [0.05, 0.1) is 0 Å². The fraction of sp³-hybridized carbons (Fsp3) is 0.667. The number of likely N-dealkylation sites (tertiary alicyclic amines) is 1. The summed E-state index contributed by atoms with van der Waals surface area (Å²) >= 11 is 0.